The van der Waals surface area contributed by atoms with Gasteiger partial charge in [-0.1, -0.05) is 6.07 Å². The van der Waals surface area contributed by atoms with Gasteiger partial charge in [-0.05, 0) is 45.9 Å². The molecule has 0 saturated heterocycles. The molecule has 3 N–H and O–H groups in total. The van der Waals surface area contributed by atoms with Crippen molar-refractivity contribution >= 4 is 17.1 Å². The van der Waals surface area contributed by atoms with Crippen molar-refractivity contribution < 1.29 is 9.13 Å². The Morgan fingerprint density at radius 3 is 2.74 bits per heavy atom. The van der Waals surface area contributed by atoms with E-state index in [1.54, 1.807) is 31.5 Å². The lowest BCUT2D eigenvalue weighted by Crippen LogP contribution is -2.17. The molecule has 3 rings (SSSR count). The maximum absolute atomic E-state index is 14.1. The molecule has 0 aliphatic heterocycles. The van der Waals surface area contributed by atoms with Crippen LogP contribution < -0.4 is 15.4 Å². The van der Waals surface area contributed by atoms with Crippen LogP contribution in [0.3, 0.4) is 0 Å². The molecule has 8 heteroatoms. The first-order valence-electron chi connectivity index (χ1n) is 10.2. The number of anilines is 2. The van der Waals surface area contributed by atoms with Gasteiger partial charge in [0.15, 0.2) is 0 Å². The van der Waals surface area contributed by atoms with Crippen molar-refractivity contribution in [2.24, 2.45) is 0 Å². The summed E-state index contributed by atoms with van der Waals surface area (Å²) in [6, 6.07) is 7.21. The average Bonchev–Trinajstić information content (AvgIpc) is 2.74. The van der Waals surface area contributed by atoms with Gasteiger partial charge in [-0.15, -0.1) is 0 Å². The summed E-state index contributed by atoms with van der Waals surface area (Å²) in [6.07, 6.45) is 4.75. The molecule has 0 bridgehead atoms. The van der Waals surface area contributed by atoms with E-state index >= 15 is 0 Å². The first kappa shape index (κ1) is 22.1. The Balaban J connectivity index is 2.12. The number of hydrogen-bond donors (Lipinski definition) is 3. The van der Waals surface area contributed by atoms with Crippen molar-refractivity contribution in [3.63, 3.8) is 0 Å². The first-order chi connectivity index (χ1) is 14.9. The van der Waals surface area contributed by atoms with Crippen molar-refractivity contribution in [1.29, 1.82) is 5.41 Å². The highest BCUT2D eigenvalue weighted by atomic mass is 19.1. The van der Waals surface area contributed by atoms with Crippen LogP contribution in [-0.2, 0) is 6.54 Å². The van der Waals surface area contributed by atoms with Crippen LogP contribution in [-0.4, -0.2) is 33.3 Å². The van der Waals surface area contributed by atoms with Crippen LogP contribution in [0.5, 0.6) is 5.75 Å². The molecule has 0 aliphatic carbocycles. The second-order valence-electron chi connectivity index (χ2n) is 7.31. The fourth-order valence-electron chi connectivity index (χ4n) is 3.13. The Hall–Kier alpha value is -3.55. The summed E-state index contributed by atoms with van der Waals surface area (Å²) in [5.74, 6) is 0.0961. The Morgan fingerprint density at radius 1 is 1.26 bits per heavy atom. The third-order valence-corrected chi connectivity index (χ3v) is 4.47. The summed E-state index contributed by atoms with van der Waals surface area (Å²) in [4.78, 5) is 12.6. The Kier molecular flexibility index (Phi) is 7.12. The summed E-state index contributed by atoms with van der Waals surface area (Å²) in [5.41, 5.74) is 4.09. The number of pyridine rings is 3. The molecule has 0 atom stereocenters. The zero-order valence-corrected chi connectivity index (χ0v) is 18.2. The summed E-state index contributed by atoms with van der Waals surface area (Å²) >= 11 is 0. The SMILES string of the molecule is CCOc1cnccc1-c1cc(NCc2cccnc2F)c(NC(C)C)c(C(C)=N)n1. The van der Waals surface area contributed by atoms with Crippen molar-refractivity contribution in [1.82, 2.24) is 15.0 Å². The van der Waals surface area contributed by atoms with Crippen LogP contribution in [0.15, 0.2) is 42.9 Å². The lowest BCUT2D eigenvalue weighted by atomic mass is 10.1. The zero-order valence-electron chi connectivity index (χ0n) is 18.2. The van der Waals surface area contributed by atoms with Gasteiger partial charge in [-0.3, -0.25) is 4.98 Å². The lowest BCUT2D eigenvalue weighted by molar-refractivity contribution is 0.340. The minimum atomic E-state index is -0.515. The molecule has 3 heterocycles. The smallest absolute Gasteiger partial charge is 0.217 e. The minimum absolute atomic E-state index is 0.112. The molecular weight excluding hydrogens is 395 g/mol. The second kappa shape index (κ2) is 9.97. The van der Waals surface area contributed by atoms with Gasteiger partial charge in [0, 0.05) is 36.1 Å². The molecule has 31 heavy (non-hydrogen) atoms. The maximum atomic E-state index is 14.1. The van der Waals surface area contributed by atoms with Crippen LogP contribution in [0.4, 0.5) is 15.8 Å². The van der Waals surface area contributed by atoms with Gasteiger partial charge in [0.2, 0.25) is 5.95 Å². The molecule has 0 aliphatic rings. The Morgan fingerprint density at radius 2 is 2.06 bits per heavy atom. The van der Waals surface area contributed by atoms with Crippen molar-refractivity contribution in [2.45, 2.75) is 40.3 Å². The molecule has 3 aromatic rings. The molecule has 0 spiro atoms. The fraction of sp³-hybridized carbons (Fsp3) is 0.304. The van der Waals surface area contributed by atoms with E-state index in [0.717, 1.165) is 5.56 Å². The van der Waals surface area contributed by atoms with Gasteiger partial charge in [0.05, 0.1) is 35.6 Å². The molecule has 0 aromatic carbocycles. The lowest BCUT2D eigenvalue weighted by Gasteiger charge is -2.21. The molecule has 0 fully saturated rings. The van der Waals surface area contributed by atoms with E-state index in [-0.39, 0.29) is 12.6 Å². The third kappa shape index (κ3) is 5.33. The standard InChI is InChI=1S/C23H27FN6O/c1-5-31-20-13-26-10-8-17(20)18-11-19(28-12-16-7-6-9-27-23(16)24)22(29-14(2)3)21(30-18)15(4)25/h6-11,13-14,25,29H,5,12H2,1-4H3,(H,28,30). The largest absolute Gasteiger partial charge is 0.492 e. The minimum Gasteiger partial charge on any atom is -0.492 e. The number of nitrogens with one attached hydrogen (secondary N) is 3. The quantitative estimate of drug-likeness (QED) is 0.335. The van der Waals surface area contributed by atoms with Gasteiger partial charge in [0.25, 0.3) is 0 Å². The van der Waals surface area contributed by atoms with E-state index in [9.17, 15) is 4.39 Å². The van der Waals surface area contributed by atoms with Gasteiger partial charge in [0.1, 0.15) is 11.4 Å². The van der Waals surface area contributed by atoms with Crippen LogP contribution in [0.2, 0.25) is 0 Å². The summed E-state index contributed by atoms with van der Waals surface area (Å²) in [6.45, 7) is 8.35. The highest BCUT2D eigenvalue weighted by molar-refractivity contribution is 6.03. The number of nitrogens with zero attached hydrogens (tertiary/aromatic N) is 3. The van der Waals surface area contributed by atoms with E-state index in [0.29, 0.717) is 46.4 Å². The molecule has 162 valence electrons. The molecule has 0 radical (unpaired) electrons. The van der Waals surface area contributed by atoms with Gasteiger partial charge < -0.3 is 20.8 Å². The molecule has 7 nitrogen and oxygen atoms in total. The number of aromatic nitrogens is 3. The first-order valence-corrected chi connectivity index (χ1v) is 10.2. The predicted octanol–water partition coefficient (Wildman–Crippen LogP) is 4.90. The molecule has 0 unspecified atom stereocenters. The van der Waals surface area contributed by atoms with Gasteiger partial charge in [-0.25, -0.2) is 9.97 Å². The van der Waals surface area contributed by atoms with Crippen molar-refractivity contribution in [3.8, 4) is 17.0 Å². The third-order valence-electron chi connectivity index (χ3n) is 4.47. The molecule has 0 saturated carbocycles. The van der Waals surface area contributed by atoms with E-state index in [4.69, 9.17) is 15.1 Å². The molecule has 0 amide bonds. The monoisotopic (exact) mass is 422 g/mol. The summed E-state index contributed by atoms with van der Waals surface area (Å²) < 4.78 is 19.8. The fourth-order valence-corrected chi connectivity index (χ4v) is 3.13. The normalized spacial score (nSPS) is 10.8. The Bertz CT molecular complexity index is 1070. The van der Waals surface area contributed by atoms with Crippen LogP contribution in [0, 0.1) is 11.4 Å². The van der Waals surface area contributed by atoms with Gasteiger partial charge in [-0.2, -0.15) is 4.39 Å². The topological polar surface area (TPSA) is 95.8 Å². The average molecular weight is 423 g/mol. The Labute approximate surface area is 181 Å². The summed E-state index contributed by atoms with van der Waals surface area (Å²) in [5, 5.41) is 15.0. The molecule has 3 aromatic heterocycles. The predicted molar refractivity (Wildman–Crippen MR) is 121 cm³/mol. The van der Waals surface area contributed by atoms with Crippen molar-refractivity contribution in [2.75, 3.05) is 17.2 Å². The highest BCUT2D eigenvalue weighted by Gasteiger charge is 2.18. The van der Waals surface area contributed by atoms with Crippen molar-refractivity contribution in [3.05, 3.63) is 60.1 Å². The molecular formula is C23H27FN6O. The van der Waals surface area contributed by atoms with Crippen LogP contribution in [0.25, 0.3) is 11.3 Å². The van der Waals surface area contributed by atoms with Gasteiger partial charge >= 0.3 is 0 Å². The second-order valence-corrected chi connectivity index (χ2v) is 7.31. The van der Waals surface area contributed by atoms with E-state index in [2.05, 4.69) is 20.6 Å². The van der Waals surface area contributed by atoms with E-state index in [1.807, 2.05) is 32.9 Å². The number of halogens is 1. The highest BCUT2D eigenvalue weighted by Crippen LogP contribution is 2.35. The number of ether oxygens (including phenoxy) is 1. The number of rotatable bonds is 9. The maximum Gasteiger partial charge on any atom is 0.217 e. The van der Waals surface area contributed by atoms with Crippen LogP contribution >= 0.6 is 0 Å². The zero-order chi connectivity index (χ0) is 22.4. The summed E-state index contributed by atoms with van der Waals surface area (Å²) in [7, 11) is 0. The number of hydrogen-bond acceptors (Lipinski definition) is 7. The van der Waals surface area contributed by atoms with E-state index < -0.39 is 5.95 Å². The van der Waals surface area contributed by atoms with E-state index in [1.165, 1.54) is 6.20 Å². The van der Waals surface area contributed by atoms with Crippen LogP contribution in [0.1, 0.15) is 39.0 Å².